The maximum absolute atomic E-state index is 4.62. The molecular weight excluding hydrogens is 222 g/mol. The second-order valence-corrected chi connectivity index (χ2v) is 5.17. The minimum Gasteiger partial charge on any atom is -0.327 e. The Morgan fingerprint density at radius 2 is 1.94 bits per heavy atom. The van der Waals surface area contributed by atoms with E-state index >= 15 is 0 Å². The van der Waals surface area contributed by atoms with Crippen LogP contribution in [0.2, 0.25) is 0 Å². The lowest BCUT2D eigenvalue weighted by Gasteiger charge is -2.10. The van der Waals surface area contributed by atoms with E-state index in [2.05, 4.69) is 53.5 Å². The molecule has 92 valence electrons. The molecule has 0 N–H and O–H groups in total. The molecule has 2 heterocycles. The zero-order valence-electron chi connectivity index (χ0n) is 11.0. The molecule has 0 aliphatic heterocycles. The molecule has 0 bridgehead atoms. The summed E-state index contributed by atoms with van der Waals surface area (Å²) < 4.78 is 2.31. The van der Waals surface area contributed by atoms with Crippen molar-refractivity contribution in [2.75, 3.05) is 0 Å². The van der Waals surface area contributed by atoms with Gasteiger partial charge in [-0.1, -0.05) is 32.0 Å². The lowest BCUT2D eigenvalue weighted by Crippen LogP contribution is -2.06. The quantitative estimate of drug-likeness (QED) is 0.684. The van der Waals surface area contributed by atoms with Gasteiger partial charge in [-0.2, -0.15) is 0 Å². The van der Waals surface area contributed by atoms with Crippen LogP contribution < -0.4 is 0 Å². The highest BCUT2D eigenvalue weighted by atomic mass is 15.1. The van der Waals surface area contributed by atoms with Crippen LogP contribution in [0, 0.1) is 12.8 Å². The molecule has 0 fully saturated rings. The summed E-state index contributed by atoms with van der Waals surface area (Å²) in [5.74, 6) is 1.67. The van der Waals surface area contributed by atoms with Crippen LogP contribution in [0.4, 0.5) is 0 Å². The first-order valence-corrected chi connectivity index (χ1v) is 6.37. The zero-order chi connectivity index (χ0) is 12.7. The van der Waals surface area contributed by atoms with Crippen molar-refractivity contribution in [2.45, 2.75) is 27.3 Å². The Bertz CT molecular complexity index is 710. The first-order chi connectivity index (χ1) is 8.66. The molecule has 0 aliphatic rings. The summed E-state index contributed by atoms with van der Waals surface area (Å²) in [5.41, 5.74) is 3.24. The molecule has 3 aromatic rings. The number of hydrogen-bond acceptors (Lipinski definition) is 2. The normalized spacial score (nSPS) is 11.8. The molecule has 0 amide bonds. The van der Waals surface area contributed by atoms with Crippen LogP contribution in [0.5, 0.6) is 0 Å². The lowest BCUT2D eigenvalue weighted by atomic mass is 10.1. The topological polar surface area (TPSA) is 30.7 Å². The van der Waals surface area contributed by atoms with Crippen LogP contribution in [0.3, 0.4) is 0 Å². The van der Waals surface area contributed by atoms with Crippen molar-refractivity contribution >= 4 is 21.9 Å². The molecule has 0 spiro atoms. The van der Waals surface area contributed by atoms with Gasteiger partial charge in [-0.05, 0) is 18.9 Å². The van der Waals surface area contributed by atoms with E-state index in [1.165, 1.54) is 10.9 Å². The number of aromatic nitrogens is 3. The molecule has 0 saturated heterocycles. The Hall–Kier alpha value is -1.90. The van der Waals surface area contributed by atoms with Gasteiger partial charge in [0.2, 0.25) is 0 Å². The van der Waals surface area contributed by atoms with Crippen molar-refractivity contribution in [1.82, 2.24) is 14.5 Å². The van der Waals surface area contributed by atoms with E-state index < -0.39 is 0 Å². The van der Waals surface area contributed by atoms with Gasteiger partial charge in [0.05, 0.1) is 17.2 Å². The minimum atomic E-state index is 0.605. The van der Waals surface area contributed by atoms with E-state index in [-0.39, 0.29) is 0 Å². The minimum absolute atomic E-state index is 0.605. The summed E-state index contributed by atoms with van der Waals surface area (Å²) in [7, 11) is 0. The summed E-state index contributed by atoms with van der Waals surface area (Å²) in [6, 6.07) is 8.27. The van der Waals surface area contributed by atoms with Gasteiger partial charge in [-0.15, -0.1) is 0 Å². The van der Waals surface area contributed by atoms with E-state index in [0.717, 1.165) is 23.4 Å². The molecule has 1 aromatic carbocycles. The van der Waals surface area contributed by atoms with Crippen molar-refractivity contribution < 1.29 is 0 Å². The number of pyridine rings is 1. The van der Waals surface area contributed by atoms with Crippen LogP contribution in [0.15, 0.2) is 30.5 Å². The van der Waals surface area contributed by atoms with E-state index in [1.807, 2.05) is 12.3 Å². The highest BCUT2D eigenvalue weighted by Gasteiger charge is 2.12. The summed E-state index contributed by atoms with van der Waals surface area (Å²) in [6.07, 6.45) is 1.88. The van der Waals surface area contributed by atoms with Crippen molar-refractivity contribution in [3.8, 4) is 0 Å². The number of hydrogen-bond donors (Lipinski definition) is 0. The summed E-state index contributed by atoms with van der Waals surface area (Å²) in [4.78, 5) is 9.08. The first-order valence-electron chi connectivity index (χ1n) is 6.37. The Labute approximate surface area is 106 Å². The Morgan fingerprint density at radius 3 is 2.72 bits per heavy atom. The van der Waals surface area contributed by atoms with Gasteiger partial charge in [-0.3, -0.25) is 4.98 Å². The molecule has 0 atom stereocenters. The van der Waals surface area contributed by atoms with E-state index in [9.17, 15) is 0 Å². The Morgan fingerprint density at radius 1 is 1.17 bits per heavy atom. The van der Waals surface area contributed by atoms with Crippen LogP contribution in [-0.4, -0.2) is 14.5 Å². The highest BCUT2D eigenvalue weighted by Crippen LogP contribution is 2.25. The summed E-state index contributed by atoms with van der Waals surface area (Å²) >= 11 is 0. The second kappa shape index (κ2) is 4.09. The number of benzene rings is 1. The molecule has 0 aliphatic carbocycles. The number of imidazole rings is 1. The van der Waals surface area contributed by atoms with Gasteiger partial charge in [0, 0.05) is 11.9 Å². The van der Waals surface area contributed by atoms with E-state index in [1.54, 1.807) is 0 Å². The van der Waals surface area contributed by atoms with Gasteiger partial charge in [-0.25, -0.2) is 4.98 Å². The molecule has 0 saturated carbocycles. The average Bonchev–Trinajstić information content (AvgIpc) is 2.66. The Balaban J connectivity index is 2.39. The van der Waals surface area contributed by atoms with Crippen molar-refractivity contribution in [2.24, 2.45) is 5.92 Å². The fraction of sp³-hybridized carbons (Fsp3) is 0.333. The molecule has 0 unspecified atom stereocenters. The largest absolute Gasteiger partial charge is 0.327 e. The van der Waals surface area contributed by atoms with Crippen LogP contribution >= 0.6 is 0 Å². The molecule has 3 heteroatoms. The predicted molar refractivity (Wildman–Crippen MR) is 74.6 cm³/mol. The SMILES string of the molecule is Cc1nc2cnc3ccccc3c2n1CC(C)C. The number of fused-ring (bicyclic) bond motifs is 3. The third kappa shape index (κ3) is 1.67. The van der Waals surface area contributed by atoms with Crippen LogP contribution in [0.1, 0.15) is 19.7 Å². The number of rotatable bonds is 2. The fourth-order valence-corrected chi connectivity index (χ4v) is 2.47. The van der Waals surface area contributed by atoms with Gasteiger partial charge in [0.15, 0.2) is 0 Å². The molecule has 3 nitrogen and oxygen atoms in total. The van der Waals surface area contributed by atoms with Gasteiger partial charge >= 0.3 is 0 Å². The van der Waals surface area contributed by atoms with Crippen molar-refractivity contribution in [3.63, 3.8) is 0 Å². The maximum atomic E-state index is 4.62. The number of para-hydroxylation sites is 1. The highest BCUT2D eigenvalue weighted by molar-refractivity contribution is 6.02. The molecule has 0 radical (unpaired) electrons. The Kier molecular flexibility index (Phi) is 2.54. The van der Waals surface area contributed by atoms with Gasteiger partial charge < -0.3 is 4.57 Å². The van der Waals surface area contributed by atoms with Crippen molar-refractivity contribution in [3.05, 3.63) is 36.3 Å². The average molecular weight is 239 g/mol. The standard InChI is InChI=1S/C15H17N3/c1-10(2)9-18-11(3)17-14-8-16-13-7-5-4-6-12(13)15(14)18/h4-8,10H,9H2,1-3H3. The molecule has 18 heavy (non-hydrogen) atoms. The third-order valence-electron chi connectivity index (χ3n) is 3.22. The number of aryl methyl sites for hydroxylation is 1. The summed E-state index contributed by atoms with van der Waals surface area (Å²) in [6.45, 7) is 7.52. The molecule has 3 rings (SSSR count). The third-order valence-corrected chi connectivity index (χ3v) is 3.22. The van der Waals surface area contributed by atoms with Crippen molar-refractivity contribution in [1.29, 1.82) is 0 Å². The first kappa shape index (κ1) is 11.2. The monoisotopic (exact) mass is 239 g/mol. The maximum Gasteiger partial charge on any atom is 0.108 e. The molecular formula is C15H17N3. The van der Waals surface area contributed by atoms with Crippen LogP contribution in [-0.2, 0) is 6.54 Å². The molecule has 2 aromatic heterocycles. The summed E-state index contributed by atoms with van der Waals surface area (Å²) in [5, 5.41) is 1.19. The van der Waals surface area contributed by atoms with E-state index in [4.69, 9.17) is 0 Å². The van der Waals surface area contributed by atoms with Gasteiger partial charge in [0.25, 0.3) is 0 Å². The zero-order valence-corrected chi connectivity index (χ0v) is 11.0. The lowest BCUT2D eigenvalue weighted by molar-refractivity contribution is 0.524. The second-order valence-electron chi connectivity index (χ2n) is 5.17. The smallest absolute Gasteiger partial charge is 0.108 e. The predicted octanol–water partition coefficient (Wildman–Crippen LogP) is 3.55. The number of nitrogens with zero attached hydrogens (tertiary/aromatic N) is 3. The van der Waals surface area contributed by atoms with E-state index in [0.29, 0.717) is 5.92 Å². The van der Waals surface area contributed by atoms with Crippen LogP contribution in [0.25, 0.3) is 21.9 Å². The fourth-order valence-electron chi connectivity index (χ4n) is 2.47. The van der Waals surface area contributed by atoms with Gasteiger partial charge in [0.1, 0.15) is 11.3 Å².